The number of fused-ring (bicyclic) bond motifs is 1. The van der Waals surface area contributed by atoms with E-state index in [1.165, 1.54) is 0 Å². The molecule has 0 aromatic heterocycles. The molecule has 1 unspecified atom stereocenters. The summed E-state index contributed by atoms with van der Waals surface area (Å²) in [5, 5.41) is 1.68. The number of benzene rings is 2. The average molecular weight is 326 g/mol. The summed E-state index contributed by atoms with van der Waals surface area (Å²) in [6.07, 6.45) is 0. The van der Waals surface area contributed by atoms with Crippen molar-refractivity contribution in [3.05, 3.63) is 40.9 Å². The Hall–Kier alpha value is 0.726. The van der Waals surface area contributed by atoms with E-state index in [0.29, 0.717) is 5.75 Å². The summed E-state index contributed by atoms with van der Waals surface area (Å²) in [6, 6.07) is 10.8. The molecule has 2 aromatic rings. The average Bonchev–Trinajstić information content (AvgIpc) is 2.22. The van der Waals surface area contributed by atoms with Crippen molar-refractivity contribution >= 4 is 38.1 Å². The molecule has 2 aromatic carbocycles. The third-order valence-corrected chi connectivity index (χ3v) is 3.00. The van der Waals surface area contributed by atoms with Gasteiger partial charge >= 0.3 is 51.4 Å². The number of hydrogen-bond acceptors (Lipinski definition) is 3. The molecule has 0 aliphatic heterocycles. The fraction of sp³-hybridized carbons (Fsp3) is 0. The molecule has 80 valence electrons. The Morgan fingerprint density at radius 3 is 2.44 bits per heavy atom. The van der Waals surface area contributed by atoms with Gasteiger partial charge in [0.05, 0.1) is 0 Å². The van der Waals surface area contributed by atoms with Gasteiger partial charge in [0, 0.05) is 9.86 Å². The fourth-order valence-corrected chi connectivity index (χ4v) is 2.15. The molecule has 0 saturated heterocycles. The molecule has 0 N–H and O–H groups in total. The predicted molar refractivity (Wildman–Crippen MR) is 62.3 cm³/mol. The molecule has 0 spiro atoms. The van der Waals surface area contributed by atoms with Gasteiger partial charge in [-0.05, 0) is 17.5 Å². The third kappa shape index (κ3) is 3.36. The second kappa shape index (κ2) is 6.60. The minimum Gasteiger partial charge on any atom is -1.00 e. The Morgan fingerprint density at radius 1 is 1.19 bits per heavy atom. The van der Waals surface area contributed by atoms with Crippen molar-refractivity contribution in [3.63, 3.8) is 0 Å². The van der Waals surface area contributed by atoms with Crippen LogP contribution in [0.5, 0.6) is 5.75 Å². The van der Waals surface area contributed by atoms with Gasteiger partial charge < -0.3 is 10.2 Å². The van der Waals surface area contributed by atoms with Crippen LogP contribution in [0.4, 0.5) is 0 Å². The summed E-state index contributed by atoms with van der Waals surface area (Å²) >= 11 is 0.843. The number of hydrogen-bond donors (Lipinski definition) is 0. The van der Waals surface area contributed by atoms with E-state index in [1.54, 1.807) is 12.1 Å². The van der Waals surface area contributed by atoms with Crippen molar-refractivity contribution in [2.24, 2.45) is 0 Å². The fourth-order valence-electron chi connectivity index (χ4n) is 1.38. The van der Waals surface area contributed by atoms with E-state index < -0.39 is 11.4 Å². The summed E-state index contributed by atoms with van der Waals surface area (Å²) in [7, 11) is 0. The standard InChI is InChI=1S/C10H7BrO3S.K.H/c11-9-5-6-10(14-15(12)13)8-4-2-1-3-7(8)9;;/h1-6H,(H,12,13);;/q;+1;-1/p-1. The van der Waals surface area contributed by atoms with Gasteiger partial charge in [-0.3, -0.25) is 0 Å². The Kier molecular flexibility index (Phi) is 6.10. The van der Waals surface area contributed by atoms with Crippen molar-refractivity contribution < 1.29 is 65.8 Å². The first-order valence-corrected chi connectivity index (χ1v) is 5.92. The van der Waals surface area contributed by atoms with Gasteiger partial charge in [-0.2, -0.15) is 0 Å². The minimum absolute atomic E-state index is 0. The maximum atomic E-state index is 10.5. The largest absolute Gasteiger partial charge is 1.00 e. The van der Waals surface area contributed by atoms with E-state index in [-0.39, 0.29) is 52.8 Å². The van der Waals surface area contributed by atoms with Gasteiger partial charge in [-0.1, -0.05) is 40.2 Å². The number of halogens is 1. The summed E-state index contributed by atoms with van der Waals surface area (Å²) in [6.45, 7) is 0. The van der Waals surface area contributed by atoms with Crippen LogP contribution in [0.3, 0.4) is 0 Å². The normalized spacial score (nSPS) is 11.9. The van der Waals surface area contributed by atoms with Crippen molar-refractivity contribution in [1.29, 1.82) is 0 Å². The van der Waals surface area contributed by atoms with E-state index in [9.17, 15) is 8.76 Å². The maximum absolute atomic E-state index is 10.5. The molecule has 0 aliphatic carbocycles. The van der Waals surface area contributed by atoms with Crippen LogP contribution in [0.25, 0.3) is 10.8 Å². The van der Waals surface area contributed by atoms with E-state index in [0.717, 1.165) is 15.2 Å². The van der Waals surface area contributed by atoms with Crippen LogP contribution in [0.15, 0.2) is 40.9 Å². The smallest absolute Gasteiger partial charge is 1.00 e. The molecule has 0 radical (unpaired) electrons. The van der Waals surface area contributed by atoms with Crippen LogP contribution >= 0.6 is 15.9 Å². The van der Waals surface area contributed by atoms with Crippen molar-refractivity contribution in [2.45, 2.75) is 0 Å². The Morgan fingerprint density at radius 2 is 1.81 bits per heavy atom. The predicted octanol–water partition coefficient (Wildman–Crippen LogP) is -0.108. The summed E-state index contributed by atoms with van der Waals surface area (Å²) in [5.74, 6) is 0.335. The molecular formula is C10H7BrKO3S-. The first-order chi connectivity index (χ1) is 7.18. The molecule has 0 bridgehead atoms. The minimum atomic E-state index is -2.54. The quantitative estimate of drug-likeness (QED) is 0.572. The molecule has 0 aliphatic rings. The molecule has 3 nitrogen and oxygen atoms in total. The molecule has 0 heterocycles. The van der Waals surface area contributed by atoms with Crippen molar-refractivity contribution in [1.82, 2.24) is 0 Å². The van der Waals surface area contributed by atoms with E-state index in [1.807, 2.05) is 24.3 Å². The zero-order valence-corrected chi connectivity index (χ0v) is 14.0. The monoisotopic (exact) mass is 325 g/mol. The van der Waals surface area contributed by atoms with E-state index in [2.05, 4.69) is 20.1 Å². The van der Waals surface area contributed by atoms with E-state index in [4.69, 9.17) is 0 Å². The van der Waals surface area contributed by atoms with Crippen molar-refractivity contribution in [3.8, 4) is 5.75 Å². The molecular weight excluding hydrogens is 319 g/mol. The van der Waals surface area contributed by atoms with Crippen LogP contribution < -0.4 is 55.6 Å². The number of rotatable bonds is 2. The zero-order valence-electron chi connectivity index (χ0n) is 9.48. The molecule has 1 atom stereocenters. The van der Waals surface area contributed by atoms with Gasteiger partial charge in [0.1, 0.15) is 17.1 Å². The van der Waals surface area contributed by atoms with Crippen LogP contribution in [0.1, 0.15) is 1.43 Å². The molecule has 2 rings (SSSR count). The summed E-state index contributed by atoms with van der Waals surface area (Å²) in [4.78, 5) is 0. The summed E-state index contributed by atoms with van der Waals surface area (Å²) in [5.41, 5.74) is 0. The zero-order chi connectivity index (χ0) is 10.8. The Labute approximate surface area is 148 Å². The molecule has 0 amide bonds. The Balaban J connectivity index is 0.00000128. The van der Waals surface area contributed by atoms with Gasteiger partial charge in [-0.15, -0.1) is 0 Å². The van der Waals surface area contributed by atoms with Crippen LogP contribution in [-0.4, -0.2) is 8.76 Å². The summed E-state index contributed by atoms with van der Waals surface area (Å²) < 4.78 is 26.5. The van der Waals surface area contributed by atoms with Gasteiger partial charge in [-0.25, -0.2) is 4.21 Å². The van der Waals surface area contributed by atoms with Crippen molar-refractivity contribution in [2.75, 3.05) is 0 Å². The van der Waals surface area contributed by atoms with Crippen LogP contribution in [-0.2, 0) is 11.4 Å². The van der Waals surface area contributed by atoms with E-state index >= 15 is 0 Å². The first-order valence-electron chi connectivity index (χ1n) is 4.13. The first kappa shape index (κ1) is 14.8. The second-order valence-corrected chi connectivity index (χ2v) is 4.31. The topological polar surface area (TPSA) is 49.4 Å². The maximum Gasteiger partial charge on any atom is 1.00 e. The molecule has 16 heavy (non-hydrogen) atoms. The molecule has 6 heteroatoms. The van der Waals surface area contributed by atoms with Gasteiger partial charge in [0.25, 0.3) is 0 Å². The van der Waals surface area contributed by atoms with Gasteiger partial charge in [0.2, 0.25) is 0 Å². The second-order valence-electron chi connectivity index (χ2n) is 2.88. The third-order valence-electron chi connectivity index (χ3n) is 1.99. The SMILES string of the molecule is O=S([O-])Oc1ccc(Br)c2ccccc12.[H-].[K+]. The Bertz CT molecular complexity index is 538. The van der Waals surface area contributed by atoms with Crippen LogP contribution in [0.2, 0.25) is 0 Å². The van der Waals surface area contributed by atoms with Gasteiger partial charge in [0.15, 0.2) is 0 Å². The molecule has 0 fully saturated rings. The van der Waals surface area contributed by atoms with Crippen LogP contribution in [0, 0.1) is 0 Å². The molecule has 0 saturated carbocycles.